The molecule has 1 aliphatic rings. The SMILES string of the molecule is CCCN1C(=O)/C(=C/c2ccc(OCc3ccc(Cl)cc3Cl)c(OC)c2)SC1=S. The summed E-state index contributed by atoms with van der Waals surface area (Å²) in [6.45, 7) is 2.93. The Hall–Kier alpha value is -1.73. The summed E-state index contributed by atoms with van der Waals surface area (Å²) in [4.78, 5) is 14.8. The predicted octanol–water partition coefficient (Wildman–Crippen LogP) is 6.19. The van der Waals surface area contributed by atoms with Gasteiger partial charge in [-0.3, -0.25) is 9.69 Å². The fourth-order valence-corrected chi connectivity index (χ4v) is 4.53. The second kappa shape index (κ2) is 9.85. The topological polar surface area (TPSA) is 38.8 Å². The number of amides is 1. The van der Waals surface area contributed by atoms with Crippen molar-refractivity contribution < 1.29 is 14.3 Å². The molecule has 29 heavy (non-hydrogen) atoms. The van der Waals surface area contributed by atoms with Gasteiger partial charge in [0.2, 0.25) is 0 Å². The molecule has 0 unspecified atom stereocenters. The van der Waals surface area contributed by atoms with E-state index in [9.17, 15) is 4.79 Å². The number of thioether (sulfide) groups is 1. The highest BCUT2D eigenvalue weighted by Crippen LogP contribution is 2.35. The highest BCUT2D eigenvalue weighted by Gasteiger charge is 2.31. The lowest BCUT2D eigenvalue weighted by Gasteiger charge is -2.13. The van der Waals surface area contributed by atoms with Crippen molar-refractivity contribution >= 4 is 63.5 Å². The molecule has 0 atom stereocenters. The van der Waals surface area contributed by atoms with Crippen LogP contribution in [0.4, 0.5) is 0 Å². The van der Waals surface area contributed by atoms with Gasteiger partial charge in [0.05, 0.1) is 12.0 Å². The number of hydrogen-bond donors (Lipinski definition) is 0. The molecule has 2 aromatic rings. The largest absolute Gasteiger partial charge is 0.493 e. The van der Waals surface area contributed by atoms with Crippen molar-refractivity contribution in [1.82, 2.24) is 4.90 Å². The van der Waals surface area contributed by atoms with Gasteiger partial charge in [0.1, 0.15) is 10.9 Å². The number of carbonyl (C=O) groups is 1. The normalized spacial score (nSPS) is 15.3. The highest BCUT2D eigenvalue weighted by molar-refractivity contribution is 8.26. The van der Waals surface area contributed by atoms with E-state index in [-0.39, 0.29) is 12.5 Å². The summed E-state index contributed by atoms with van der Waals surface area (Å²) >= 11 is 18.7. The van der Waals surface area contributed by atoms with E-state index in [1.54, 1.807) is 30.2 Å². The summed E-state index contributed by atoms with van der Waals surface area (Å²) in [5.74, 6) is 1.08. The second-order valence-electron chi connectivity index (χ2n) is 6.27. The molecule has 0 saturated carbocycles. The van der Waals surface area contributed by atoms with E-state index in [0.29, 0.717) is 37.3 Å². The van der Waals surface area contributed by atoms with E-state index in [0.717, 1.165) is 17.5 Å². The van der Waals surface area contributed by atoms with Gasteiger partial charge in [-0.25, -0.2) is 0 Å². The number of rotatable bonds is 7. The molecule has 0 radical (unpaired) electrons. The fourth-order valence-electron chi connectivity index (χ4n) is 2.76. The quantitative estimate of drug-likeness (QED) is 0.358. The Kier molecular flexibility index (Phi) is 7.46. The maximum absolute atomic E-state index is 12.5. The third-order valence-electron chi connectivity index (χ3n) is 4.20. The molecule has 1 heterocycles. The summed E-state index contributed by atoms with van der Waals surface area (Å²) in [6, 6.07) is 10.8. The van der Waals surface area contributed by atoms with Crippen LogP contribution in [0.25, 0.3) is 6.08 Å². The molecule has 1 saturated heterocycles. The lowest BCUT2D eigenvalue weighted by Crippen LogP contribution is -2.28. The fraction of sp³-hybridized carbons (Fsp3) is 0.238. The molecule has 152 valence electrons. The van der Waals surface area contributed by atoms with Crippen LogP contribution in [0.1, 0.15) is 24.5 Å². The Bertz CT molecular complexity index is 978. The van der Waals surface area contributed by atoms with Gasteiger partial charge in [-0.2, -0.15) is 0 Å². The van der Waals surface area contributed by atoms with Crippen LogP contribution in [-0.2, 0) is 11.4 Å². The molecular formula is C21H19Cl2NO3S2. The molecule has 0 bridgehead atoms. The average Bonchev–Trinajstić information content (AvgIpc) is 2.95. The zero-order chi connectivity index (χ0) is 21.0. The smallest absolute Gasteiger partial charge is 0.266 e. The second-order valence-corrected chi connectivity index (χ2v) is 8.79. The Morgan fingerprint density at radius 3 is 2.66 bits per heavy atom. The van der Waals surface area contributed by atoms with Gasteiger partial charge in [-0.05, 0) is 42.3 Å². The molecule has 8 heteroatoms. The van der Waals surface area contributed by atoms with Gasteiger partial charge < -0.3 is 9.47 Å². The van der Waals surface area contributed by atoms with Crippen LogP contribution in [0.15, 0.2) is 41.3 Å². The molecule has 0 aromatic heterocycles. The zero-order valence-corrected chi connectivity index (χ0v) is 19.1. The zero-order valence-electron chi connectivity index (χ0n) is 15.9. The molecule has 0 aliphatic carbocycles. The Balaban J connectivity index is 1.77. The number of benzene rings is 2. The van der Waals surface area contributed by atoms with Crippen LogP contribution < -0.4 is 9.47 Å². The lowest BCUT2D eigenvalue weighted by molar-refractivity contribution is -0.122. The van der Waals surface area contributed by atoms with Crippen molar-refractivity contribution in [3.05, 3.63) is 62.5 Å². The van der Waals surface area contributed by atoms with Crippen LogP contribution in [0.5, 0.6) is 11.5 Å². The highest BCUT2D eigenvalue weighted by atomic mass is 35.5. The molecule has 0 N–H and O–H groups in total. The van der Waals surface area contributed by atoms with Gasteiger partial charge in [-0.1, -0.05) is 66.2 Å². The maximum atomic E-state index is 12.5. The van der Waals surface area contributed by atoms with Gasteiger partial charge in [0, 0.05) is 22.2 Å². The van der Waals surface area contributed by atoms with Crippen LogP contribution in [-0.4, -0.2) is 28.8 Å². The van der Waals surface area contributed by atoms with E-state index in [4.69, 9.17) is 44.9 Å². The Morgan fingerprint density at radius 1 is 1.17 bits per heavy atom. The number of nitrogens with zero attached hydrogens (tertiary/aromatic N) is 1. The van der Waals surface area contributed by atoms with Crippen molar-refractivity contribution in [2.45, 2.75) is 20.0 Å². The number of carbonyl (C=O) groups excluding carboxylic acids is 1. The standard InChI is InChI=1S/C21H19Cl2NO3S2/c1-3-8-24-20(25)19(29-21(24)28)10-13-4-7-17(18(9-13)26-2)27-12-14-5-6-15(22)11-16(14)23/h4-7,9-11H,3,8,12H2,1-2H3/b19-10-. The molecule has 3 rings (SSSR count). The summed E-state index contributed by atoms with van der Waals surface area (Å²) in [6.07, 6.45) is 2.68. The molecule has 1 aliphatic heterocycles. The third kappa shape index (κ3) is 5.25. The van der Waals surface area contributed by atoms with Crippen molar-refractivity contribution in [3.63, 3.8) is 0 Å². The molecular weight excluding hydrogens is 449 g/mol. The van der Waals surface area contributed by atoms with E-state index in [1.165, 1.54) is 11.8 Å². The van der Waals surface area contributed by atoms with Gasteiger partial charge in [0.15, 0.2) is 11.5 Å². The Labute approximate surface area is 189 Å². The Morgan fingerprint density at radius 2 is 1.97 bits per heavy atom. The average molecular weight is 468 g/mol. The molecule has 2 aromatic carbocycles. The number of ether oxygens (including phenoxy) is 2. The van der Waals surface area contributed by atoms with Gasteiger partial charge >= 0.3 is 0 Å². The number of hydrogen-bond acceptors (Lipinski definition) is 5. The van der Waals surface area contributed by atoms with Crippen molar-refractivity contribution in [3.8, 4) is 11.5 Å². The van der Waals surface area contributed by atoms with Crippen molar-refractivity contribution in [2.24, 2.45) is 0 Å². The minimum atomic E-state index is -0.0569. The third-order valence-corrected chi connectivity index (χ3v) is 6.17. The van der Waals surface area contributed by atoms with Gasteiger partial charge in [0.25, 0.3) is 5.91 Å². The first kappa shape index (κ1) is 22.0. The summed E-state index contributed by atoms with van der Waals surface area (Å²) < 4.78 is 11.9. The number of thiocarbonyl (C=S) groups is 1. The predicted molar refractivity (Wildman–Crippen MR) is 124 cm³/mol. The summed E-state index contributed by atoms with van der Waals surface area (Å²) in [5.41, 5.74) is 1.65. The van der Waals surface area contributed by atoms with Crippen molar-refractivity contribution in [1.29, 1.82) is 0 Å². The minimum absolute atomic E-state index is 0.0569. The van der Waals surface area contributed by atoms with Crippen LogP contribution >= 0.6 is 47.2 Å². The molecule has 1 fully saturated rings. The van der Waals surface area contributed by atoms with Crippen molar-refractivity contribution in [2.75, 3.05) is 13.7 Å². The summed E-state index contributed by atoms with van der Waals surface area (Å²) in [7, 11) is 1.57. The van der Waals surface area contributed by atoms with Crippen LogP contribution in [0.2, 0.25) is 10.0 Å². The molecule has 1 amide bonds. The van der Waals surface area contributed by atoms with E-state index in [1.807, 2.05) is 31.2 Å². The van der Waals surface area contributed by atoms with Gasteiger partial charge in [-0.15, -0.1) is 0 Å². The van der Waals surface area contributed by atoms with E-state index in [2.05, 4.69) is 0 Å². The first-order chi connectivity index (χ1) is 13.9. The van der Waals surface area contributed by atoms with Crippen LogP contribution in [0, 0.1) is 0 Å². The minimum Gasteiger partial charge on any atom is -0.493 e. The monoisotopic (exact) mass is 467 g/mol. The first-order valence-electron chi connectivity index (χ1n) is 8.93. The van der Waals surface area contributed by atoms with E-state index >= 15 is 0 Å². The number of halogens is 2. The van der Waals surface area contributed by atoms with E-state index < -0.39 is 0 Å². The number of methoxy groups -OCH3 is 1. The lowest BCUT2D eigenvalue weighted by atomic mass is 10.1. The maximum Gasteiger partial charge on any atom is 0.266 e. The molecule has 4 nitrogen and oxygen atoms in total. The molecule has 0 spiro atoms. The summed E-state index contributed by atoms with van der Waals surface area (Å²) in [5, 5.41) is 1.12. The first-order valence-corrected chi connectivity index (χ1v) is 10.9. The van der Waals surface area contributed by atoms with Crippen LogP contribution in [0.3, 0.4) is 0 Å².